The van der Waals surface area contributed by atoms with Crippen LogP contribution < -0.4 is 0 Å². The number of hydrogen-bond donors (Lipinski definition) is 0. The number of pyridine rings is 1. The highest BCUT2D eigenvalue weighted by atomic mass is 15.5. The summed E-state index contributed by atoms with van der Waals surface area (Å²) in [5, 5.41) is 10.1. The first-order valence-electron chi connectivity index (χ1n) is 15.0. The van der Waals surface area contributed by atoms with Crippen molar-refractivity contribution in [2.24, 2.45) is 0 Å². The third-order valence-electron chi connectivity index (χ3n) is 8.16. The monoisotopic (exact) mass is 576 g/mol. The predicted octanol–water partition coefficient (Wildman–Crippen LogP) is 10.2. The Morgan fingerprint density at radius 3 is 1.53 bits per heavy atom. The highest BCUT2D eigenvalue weighted by Gasteiger charge is 2.16. The maximum absolute atomic E-state index is 5.09. The van der Waals surface area contributed by atoms with Crippen LogP contribution >= 0.6 is 0 Å². The van der Waals surface area contributed by atoms with Crippen LogP contribution in [-0.2, 0) is 0 Å². The summed E-state index contributed by atoms with van der Waals surface area (Å²) in [5.41, 5.74) is 13.9. The fourth-order valence-corrected chi connectivity index (χ4v) is 5.88. The maximum atomic E-state index is 5.09. The molecule has 0 amide bonds. The first kappa shape index (κ1) is 26.5. The van der Waals surface area contributed by atoms with Gasteiger partial charge in [-0.05, 0) is 98.6 Å². The van der Waals surface area contributed by atoms with Crippen molar-refractivity contribution >= 4 is 11.0 Å². The normalized spacial score (nSPS) is 11.1. The molecule has 8 aromatic rings. The molecule has 2 heterocycles. The summed E-state index contributed by atoms with van der Waals surface area (Å²) in [6.45, 7) is 0. The summed E-state index contributed by atoms with van der Waals surface area (Å²) in [6.07, 6.45) is 3.62. The van der Waals surface area contributed by atoms with Gasteiger partial charge >= 0.3 is 0 Å². The van der Waals surface area contributed by atoms with Crippen molar-refractivity contribution in [3.8, 4) is 61.3 Å². The van der Waals surface area contributed by atoms with Crippen molar-refractivity contribution in [2.45, 2.75) is 0 Å². The molecule has 6 aromatic carbocycles. The summed E-state index contributed by atoms with van der Waals surface area (Å²) in [4.78, 5) is 5.92. The summed E-state index contributed by atoms with van der Waals surface area (Å²) in [6, 6.07) is 55.1. The summed E-state index contributed by atoms with van der Waals surface area (Å²) < 4.78 is 0. The highest BCUT2D eigenvalue weighted by molar-refractivity contribution is 5.96. The van der Waals surface area contributed by atoms with E-state index in [0.29, 0.717) is 0 Å². The van der Waals surface area contributed by atoms with Crippen LogP contribution in [0.3, 0.4) is 0 Å². The molecule has 0 saturated carbocycles. The molecular formula is C41H28N4. The fraction of sp³-hybridized carbons (Fsp3) is 0. The van der Waals surface area contributed by atoms with E-state index in [1.54, 1.807) is 4.80 Å². The van der Waals surface area contributed by atoms with Crippen molar-refractivity contribution in [1.82, 2.24) is 20.0 Å². The van der Waals surface area contributed by atoms with E-state index in [9.17, 15) is 0 Å². The van der Waals surface area contributed by atoms with Gasteiger partial charge in [0.25, 0.3) is 0 Å². The van der Waals surface area contributed by atoms with Crippen molar-refractivity contribution in [3.05, 3.63) is 170 Å². The lowest BCUT2D eigenvalue weighted by molar-refractivity contribution is 0.766. The second kappa shape index (κ2) is 11.5. The minimum atomic E-state index is 0.840. The third-order valence-corrected chi connectivity index (χ3v) is 8.16. The van der Waals surface area contributed by atoms with Gasteiger partial charge in [-0.2, -0.15) is 4.80 Å². The van der Waals surface area contributed by atoms with E-state index in [-0.39, 0.29) is 0 Å². The Hall–Kier alpha value is -6.13. The second-order valence-corrected chi connectivity index (χ2v) is 11.1. The Labute approximate surface area is 261 Å². The number of hydrogen-bond acceptors (Lipinski definition) is 3. The molecule has 0 unspecified atom stereocenters. The quantitative estimate of drug-likeness (QED) is 0.198. The van der Waals surface area contributed by atoms with Crippen molar-refractivity contribution in [2.75, 3.05) is 0 Å². The van der Waals surface area contributed by atoms with Crippen LogP contribution in [0.5, 0.6) is 0 Å². The SMILES string of the molecule is c1ccc(-c2cccc(-c3cc(-c4cccc(-c5ccccc5)c4)c4nn(-c5cccc(-c6ccncc6)c5)nc4c3)c2)cc1. The van der Waals surface area contributed by atoms with Crippen LogP contribution in [0.4, 0.5) is 0 Å². The molecule has 0 N–H and O–H groups in total. The minimum Gasteiger partial charge on any atom is -0.265 e. The maximum Gasteiger partial charge on any atom is 0.121 e. The second-order valence-electron chi connectivity index (χ2n) is 11.1. The molecule has 2 aromatic heterocycles. The van der Waals surface area contributed by atoms with Gasteiger partial charge in [-0.25, -0.2) is 0 Å². The summed E-state index contributed by atoms with van der Waals surface area (Å²) >= 11 is 0. The third kappa shape index (κ3) is 5.30. The number of rotatable bonds is 6. The molecule has 45 heavy (non-hydrogen) atoms. The molecule has 0 bridgehead atoms. The minimum absolute atomic E-state index is 0.840. The van der Waals surface area contributed by atoms with Gasteiger partial charge in [-0.15, -0.1) is 10.2 Å². The first-order chi connectivity index (χ1) is 22.3. The lowest BCUT2D eigenvalue weighted by Gasteiger charge is -2.10. The molecule has 4 nitrogen and oxygen atoms in total. The standard InChI is InChI=1S/C41H28N4/c1-3-10-29(11-4-1)32-14-7-16-34(24-32)37-27-39(36-18-8-15-33(25-36)30-12-5-2-6-13-30)41-40(28-37)43-45(44-41)38-19-9-17-35(26-38)31-20-22-42-23-21-31/h1-28H. The Morgan fingerprint density at radius 2 is 0.867 bits per heavy atom. The van der Waals surface area contributed by atoms with Gasteiger partial charge in [0.1, 0.15) is 11.0 Å². The largest absolute Gasteiger partial charge is 0.265 e. The topological polar surface area (TPSA) is 43.6 Å². The van der Waals surface area contributed by atoms with E-state index in [4.69, 9.17) is 10.2 Å². The fourth-order valence-electron chi connectivity index (χ4n) is 5.88. The molecule has 0 spiro atoms. The highest BCUT2D eigenvalue weighted by Crippen LogP contribution is 2.36. The van der Waals surface area contributed by atoms with Crippen LogP contribution in [0.1, 0.15) is 0 Å². The van der Waals surface area contributed by atoms with E-state index in [2.05, 4.69) is 126 Å². The summed E-state index contributed by atoms with van der Waals surface area (Å²) in [7, 11) is 0. The molecule has 0 aliphatic carbocycles. The number of fused-ring (bicyclic) bond motifs is 1. The van der Waals surface area contributed by atoms with Crippen LogP contribution in [0, 0.1) is 0 Å². The van der Waals surface area contributed by atoms with Gasteiger partial charge in [-0.1, -0.05) is 109 Å². The molecule has 8 rings (SSSR count). The number of nitrogens with zero attached hydrogens (tertiary/aromatic N) is 4. The van der Waals surface area contributed by atoms with Gasteiger partial charge in [0.2, 0.25) is 0 Å². The van der Waals surface area contributed by atoms with Crippen LogP contribution in [0.2, 0.25) is 0 Å². The average molecular weight is 577 g/mol. The van der Waals surface area contributed by atoms with Gasteiger partial charge in [0.15, 0.2) is 0 Å². The first-order valence-corrected chi connectivity index (χ1v) is 15.0. The van der Waals surface area contributed by atoms with Gasteiger partial charge in [0.05, 0.1) is 5.69 Å². The zero-order chi connectivity index (χ0) is 30.0. The van der Waals surface area contributed by atoms with Gasteiger partial charge in [0, 0.05) is 18.0 Å². The Morgan fingerprint density at radius 1 is 0.356 bits per heavy atom. The molecule has 0 fully saturated rings. The smallest absolute Gasteiger partial charge is 0.121 e. The van der Waals surface area contributed by atoms with E-state index >= 15 is 0 Å². The van der Waals surface area contributed by atoms with E-state index in [1.165, 1.54) is 16.7 Å². The van der Waals surface area contributed by atoms with Crippen molar-refractivity contribution in [3.63, 3.8) is 0 Å². The van der Waals surface area contributed by atoms with Crippen molar-refractivity contribution < 1.29 is 0 Å². The predicted molar refractivity (Wildman–Crippen MR) is 184 cm³/mol. The molecule has 0 saturated heterocycles. The lowest BCUT2D eigenvalue weighted by atomic mass is 9.94. The van der Waals surface area contributed by atoms with Crippen LogP contribution in [0.25, 0.3) is 72.4 Å². The Balaban J connectivity index is 1.30. The van der Waals surface area contributed by atoms with Crippen molar-refractivity contribution in [1.29, 1.82) is 0 Å². The van der Waals surface area contributed by atoms with E-state index in [0.717, 1.165) is 55.7 Å². The summed E-state index contributed by atoms with van der Waals surface area (Å²) in [5.74, 6) is 0. The number of benzene rings is 6. The molecule has 0 radical (unpaired) electrons. The zero-order valence-corrected chi connectivity index (χ0v) is 24.5. The molecule has 0 aliphatic heterocycles. The molecule has 4 heteroatoms. The molecule has 0 atom stereocenters. The van der Waals surface area contributed by atoms with Crippen LogP contribution in [0.15, 0.2) is 170 Å². The van der Waals surface area contributed by atoms with E-state index in [1.807, 2.05) is 48.8 Å². The Bertz CT molecular complexity index is 2260. The lowest BCUT2D eigenvalue weighted by Crippen LogP contribution is -1.98. The van der Waals surface area contributed by atoms with Gasteiger partial charge < -0.3 is 0 Å². The average Bonchev–Trinajstić information content (AvgIpc) is 3.57. The zero-order valence-electron chi connectivity index (χ0n) is 24.5. The Kier molecular flexibility index (Phi) is 6.78. The number of aromatic nitrogens is 4. The van der Waals surface area contributed by atoms with Gasteiger partial charge in [-0.3, -0.25) is 4.98 Å². The van der Waals surface area contributed by atoms with E-state index < -0.39 is 0 Å². The van der Waals surface area contributed by atoms with Crippen LogP contribution in [-0.4, -0.2) is 20.0 Å². The molecule has 212 valence electrons. The molecule has 0 aliphatic rings. The molecular weight excluding hydrogens is 548 g/mol.